The van der Waals surface area contributed by atoms with E-state index in [2.05, 4.69) is 39.1 Å². The van der Waals surface area contributed by atoms with Crippen LogP contribution >= 0.6 is 0 Å². The number of amides is 2. The summed E-state index contributed by atoms with van der Waals surface area (Å²) in [6, 6.07) is 5.21. The molecule has 8 heteroatoms. The fourth-order valence-corrected chi connectivity index (χ4v) is 2.52. The van der Waals surface area contributed by atoms with Crippen LogP contribution in [0.5, 0.6) is 0 Å². The number of benzene rings is 1. The number of anilines is 2. The summed E-state index contributed by atoms with van der Waals surface area (Å²) < 4.78 is 1.63. The largest absolute Gasteiger partial charge is 0.382 e. The monoisotopic (exact) mass is 361 g/mol. The Morgan fingerprint density at radius 1 is 1.30 bits per heavy atom. The molecule has 0 saturated carbocycles. The van der Waals surface area contributed by atoms with Crippen LogP contribution < -0.4 is 16.4 Å². The van der Waals surface area contributed by atoms with Crippen molar-refractivity contribution < 1.29 is 4.79 Å². The first-order valence-corrected chi connectivity index (χ1v) is 8.10. The maximum Gasteiger partial charge on any atom is 0.323 e. The van der Waals surface area contributed by atoms with Crippen molar-refractivity contribution >= 4 is 28.4 Å². The van der Waals surface area contributed by atoms with Gasteiger partial charge < -0.3 is 16.4 Å². The van der Waals surface area contributed by atoms with Crippen molar-refractivity contribution in [1.82, 2.24) is 25.3 Å². The number of nitrogens with zero attached hydrogens (tertiary/aromatic N) is 3. The number of urea groups is 1. The number of fused-ring (bicyclic) bond motifs is 1. The summed E-state index contributed by atoms with van der Waals surface area (Å²) in [6.07, 6.45) is 11.5. The number of nitrogens with two attached hydrogens (primary N) is 1. The predicted octanol–water partition coefficient (Wildman–Crippen LogP) is 3.26. The average Bonchev–Trinajstić information content (AvgIpc) is 3.27. The number of hydrogen-bond donors (Lipinski definition) is 4. The van der Waals surface area contributed by atoms with E-state index in [1.807, 2.05) is 18.2 Å². The van der Waals surface area contributed by atoms with E-state index >= 15 is 0 Å². The summed E-state index contributed by atoms with van der Waals surface area (Å²) in [5, 5.41) is 17.4. The smallest absolute Gasteiger partial charge is 0.323 e. The molecule has 0 aliphatic carbocycles. The molecular formula is C19H19N7O. The highest BCUT2D eigenvalue weighted by molar-refractivity contribution is 5.96. The van der Waals surface area contributed by atoms with E-state index in [0.717, 1.165) is 16.6 Å². The molecule has 0 fully saturated rings. The molecule has 5 N–H and O–H groups in total. The molecule has 1 aromatic carbocycles. The van der Waals surface area contributed by atoms with Crippen LogP contribution in [0, 0.1) is 0 Å². The van der Waals surface area contributed by atoms with Gasteiger partial charge in [0.15, 0.2) is 5.82 Å². The molecule has 2 heterocycles. The van der Waals surface area contributed by atoms with Crippen molar-refractivity contribution in [3.05, 3.63) is 79.8 Å². The number of aromatic nitrogens is 4. The molecule has 0 bridgehead atoms. The number of nitrogens with one attached hydrogen (secondary N) is 3. The Morgan fingerprint density at radius 2 is 2.15 bits per heavy atom. The van der Waals surface area contributed by atoms with Crippen molar-refractivity contribution in [2.75, 3.05) is 11.1 Å². The first-order chi connectivity index (χ1) is 13.1. The van der Waals surface area contributed by atoms with Gasteiger partial charge in [-0.3, -0.25) is 5.10 Å². The highest BCUT2D eigenvalue weighted by atomic mass is 16.2. The summed E-state index contributed by atoms with van der Waals surface area (Å²) in [5.41, 5.74) is 8.60. The first-order valence-electron chi connectivity index (χ1n) is 8.10. The molecular weight excluding hydrogens is 342 g/mol. The fraction of sp³-hybridized carbons (Fsp3) is 0. The van der Waals surface area contributed by atoms with Crippen LogP contribution in [0.3, 0.4) is 0 Å². The summed E-state index contributed by atoms with van der Waals surface area (Å²) in [5.74, 6) is 0.386. The lowest BCUT2D eigenvalue weighted by atomic mass is 10.2. The average molecular weight is 361 g/mol. The van der Waals surface area contributed by atoms with E-state index in [9.17, 15) is 4.79 Å². The molecule has 0 atom stereocenters. The third-order valence-corrected chi connectivity index (χ3v) is 3.65. The van der Waals surface area contributed by atoms with Gasteiger partial charge in [-0.05, 0) is 24.3 Å². The standard InChI is InChI=1S/C19H19N7O/c1-3-5-8-13(7-4-2)22-19(27)23-14-11-21-26(12-14)16-10-6-9-15-17(16)18(20)25-24-15/h3-12H,1-2H2,(H3,20,24,25)(H2,22,23,27)/b8-5-,13-7+. The van der Waals surface area contributed by atoms with Crippen LogP contribution in [0.4, 0.5) is 16.3 Å². The van der Waals surface area contributed by atoms with Crippen molar-refractivity contribution in [1.29, 1.82) is 0 Å². The number of hydrogen-bond acceptors (Lipinski definition) is 4. The molecule has 8 nitrogen and oxygen atoms in total. The lowest BCUT2D eigenvalue weighted by molar-refractivity contribution is 0.254. The molecule has 0 spiro atoms. The molecule has 0 unspecified atom stereocenters. The Balaban J connectivity index is 1.78. The molecule has 136 valence electrons. The van der Waals surface area contributed by atoms with Crippen LogP contribution in [0.2, 0.25) is 0 Å². The Bertz CT molecular complexity index is 1060. The van der Waals surface area contributed by atoms with Crippen molar-refractivity contribution in [3.8, 4) is 5.69 Å². The second-order valence-electron chi connectivity index (χ2n) is 5.51. The van der Waals surface area contributed by atoms with E-state index in [1.54, 1.807) is 47.5 Å². The number of H-pyrrole nitrogens is 1. The van der Waals surface area contributed by atoms with Gasteiger partial charge in [-0.1, -0.05) is 37.5 Å². The van der Waals surface area contributed by atoms with Crippen LogP contribution in [-0.2, 0) is 0 Å². The van der Waals surface area contributed by atoms with Gasteiger partial charge in [0.05, 0.1) is 34.7 Å². The number of rotatable bonds is 6. The maximum atomic E-state index is 12.2. The number of carbonyl (C=O) groups excluding carboxylic acids is 1. The molecule has 27 heavy (non-hydrogen) atoms. The molecule has 2 aromatic heterocycles. The molecule has 3 aromatic rings. The van der Waals surface area contributed by atoms with E-state index in [1.165, 1.54) is 0 Å². The number of nitrogen functional groups attached to an aromatic ring is 1. The highest BCUT2D eigenvalue weighted by Crippen LogP contribution is 2.25. The van der Waals surface area contributed by atoms with Gasteiger partial charge >= 0.3 is 6.03 Å². The first kappa shape index (κ1) is 17.7. The normalized spacial score (nSPS) is 11.6. The summed E-state index contributed by atoms with van der Waals surface area (Å²) >= 11 is 0. The summed E-state index contributed by atoms with van der Waals surface area (Å²) in [6.45, 7) is 7.23. The number of carbonyl (C=O) groups is 1. The van der Waals surface area contributed by atoms with Crippen LogP contribution in [0.25, 0.3) is 16.6 Å². The van der Waals surface area contributed by atoms with Crippen molar-refractivity contribution in [2.24, 2.45) is 0 Å². The van der Waals surface area contributed by atoms with Gasteiger partial charge in [-0.15, -0.1) is 0 Å². The second-order valence-corrected chi connectivity index (χ2v) is 5.51. The molecule has 3 rings (SSSR count). The van der Waals surface area contributed by atoms with Gasteiger partial charge in [-0.25, -0.2) is 9.48 Å². The molecule has 0 radical (unpaired) electrons. The summed E-state index contributed by atoms with van der Waals surface area (Å²) in [4.78, 5) is 12.2. The van der Waals surface area contributed by atoms with Crippen molar-refractivity contribution in [2.45, 2.75) is 0 Å². The topological polar surface area (TPSA) is 114 Å². The predicted molar refractivity (Wildman–Crippen MR) is 107 cm³/mol. The number of aromatic amines is 1. The maximum absolute atomic E-state index is 12.2. The van der Waals surface area contributed by atoms with Crippen molar-refractivity contribution in [3.63, 3.8) is 0 Å². The van der Waals surface area contributed by atoms with Gasteiger partial charge in [0, 0.05) is 5.70 Å². The molecule has 2 amide bonds. The Hall–Kier alpha value is -4.07. The third kappa shape index (κ3) is 3.96. The van der Waals surface area contributed by atoms with Crippen LogP contribution in [0.1, 0.15) is 0 Å². The second kappa shape index (κ2) is 7.87. The Morgan fingerprint density at radius 3 is 2.93 bits per heavy atom. The minimum absolute atomic E-state index is 0.386. The lowest BCUT2D eigenvalue weighted by Crippen LogP contribution is -2.27. The fourth-order valence-electron chi connectivity index (χ4n) is 2.52. The Kier molecular flexibility index (Phi) is 5.17. The minimum atomic E-state index is -0.405. The van der Waals surface area contributed by atoms with Gasteiger partial charge in [0.2, 0.25) is 0 Å². The third-order valence-electron chi connectivity index (χ3n) is 3.65. The van der Waals surface area contributed by atoms with Gasteiger partial charge in [0.1, 0.15) is 0 Å². The zero-order valence-corrected chi connectivity index (χ0v) is 14.5. The lowest BCUT2D eigenvalue weighted by Gasteiger charge is -2.06. The zero-order valence-electron chi connectivity index (χ0n) is 14.5. The molecule has 0 aliphatic rings. The SMILES string of the molecule is C=C/C=C\C(=C/C=C)NC(=O)Nc1cnn(-c2cccc3[nH]nc(N)c23)c1. The van der Waals surface area contributed by atoms with E-state index in [0.29, 0.717) is 17.2 Å². The van der Waals surface area contributed by atoms with Gasteiger partial charge in [0.25, 0.3) is 0 Å². The molecule has 0 saturated heterocycles. The van der Waals surface area contributed by atoms with E-state index < -0.39 is 6.03 Å². The van der Waals surface area contributed by atoms with Crippen LogP contribution in [0.15, 0.2) is 79.8 Å². The van der Waals surface area contributed by atoms with Gasteiger partial charge in [-0.2, -0.15) is 10.2 Å². The van der Waals surface area contributed by atoms with E-state index in [-0.39, 0.29) is 0 Å². The zero-order chi connectivity index (χ0) is 19.2. The summed E-state index contributed by atoms with van der Waals surface area (Å²) in [7, 11) is 0. The molecule has 0 aliphatic heterocycles. The number of allylic oxidation sites excluding steroid dienone is 5. The minimum Gasteiger partial charge on any atom is -0.382 e. The Labute approximate surface area is 155 Å². The van der Waals surface area contributed by atoms with E-state index in [4.69, 9.17) is 5.73 Å². The highest BCUT2D eigenvalue weighted by Gasteiger charge is 2.11. The van der Waals surface area contributed by atoms with Crippen LogP contribution in [-0.4, -0.2) is 26.0 Å². The quantitative estimate of drug-likeness (QED) is 0.505.